The summed E-state index contributed by atoms with van der Waals surface area (Å²) in [5.41, 5.74) is 2.67. The molecule has 142 valence electrons. The average Bonchev–Trinajstić information content (AvgIpc) is 2.58. The molecule has 0 bridgehead atoms. The Balaban J connectivity index is 1.99. The Labute approximate surface area is 162 Å². The maximum absolute atomic E-state index is 10.9. The second-order valence-corrected chi connectivity index (χ2v) is 9.29. The van der Waals surface area contributed by atoms with Crippen molar-refractivity contribution in [2.75, 3.05) is 0 Å². The van der Waals surface area contributed by atoms with E-state index in [1.807, 2.05) is 12.1 Å². The van der Waals surface area contributed by atoms with E-state index in [4.69, 9.17) is 4.74 Å². The van der Waals surface area contributed by atoms with Crippen LogP contribution in [-0.4, -0.2) is 5.11 Å². The third kappa shape index (κ3) is 4.10. The normalized spacial score (nSPS) is 12.4. The lowest BCUT2D eigenvalue weighted by molar-refractivity contribution is 0.304. The van der Waals surface area contributed by atoms with Crippen LogP contribution in [0.5, 0.6) is 11.5 Å². The molecule has 0 fully saturated rings. The van der Waals surface area contributed by atoms with E-state index < -0.39 is 0 Å². The molecule has 0 aliphatic rings. The Kier molecular flexibility index (Phi) is 4.94. The zero-order chi connectivity index (χ0) is 19.8. The van der Waals surface area contributed by atoms with Crippen LogP contribution in [0.2, 0.25) is 0 Å². The molecular formula is C25H30O2. The van der Waals surface area contributed by atoms with Gasteiger partial charge in [0.25, 0.3) is 0 Å². The predicted molar refractivity (Wildman–Crippen MR) is 114 cm³/mol. The molecule has 0 radical (unpaired) electrons. The molecule has 0 saturated heterocycles. The number of ether oxygens (including phenoxy) is 1. The van der Waals surface area contributed by atoms with Crippen molar-refractivity contribution in [2.45, 2.75) is 59.0 Å². The fraction of sp³-hybridized carbons (Fsp3) is 0.360. The molecule has 0 saturated carbocycles. The molecule has 2 nitrogen and oxygen atoms in total. The van der Waals surface area contributed by atoms with Gasteiger partial charge in [0, 0.05) is 11.1 Å². The van der Waals surface area contributed by atoms with E-state index >= 15 is 0 Å². The molecule has 0 atom stereocenters. The van der Waals surface area contributed by atoms with Gasteiger partial charge in [-0.2, -0.15) is 0 Å². The van der Waals surface area contributed by atoms with Gasteiger partial charge in [-0.3, -0.25) is 0 Å². The van der Waals surface area contributed by atoms with Crippen molar-refractivity contribution in [1.82, 2.24) is 0 Å². The summed E-state index contributed by atoms with van der Waals surface area (Å²) in [4.78, 5) is 0. The van der Waals surface area contributed by atoms with Gasteiger partial charge in [0.1, 0.15) is 18.1 Å². The molecule has 0 aliphatic heterocycles. The molecule has 0 amide bonds. The Morgan fingerprint density at radius 1 is 0.778 bits per heavy atom. The average molecular weight is 363 g/mol. The van der Waals surface area contributed by atoms with E-state index in [2.05, 4.69) is 84.0 Å². The minimum absolute atomic E-state index is 0.164. The van der Waals surface area contributed by atoms with Gasteiger partial charge in [-0.05, 0) is 39.3 Å². The van der Waals surface area contributed by atoms with E-state index in [1.54, 1.807) is 0 Å². The molecule has 0 spiro atoms. The number of benzene rings is 3. The van der Waals surface area contributed by atoms with Crippen molar-refractivity contribution < 1.29 is 9.84 Å². The fourth-order valence-electron chi connectivity index (χ4n) is 3.41. The molecule has 1 N–H and O–H groups in total. The van der Waals surface area contributed by atoms with Gasteiger partial charge in [-0.25, -0.2) is 0 Å². The van der Waals surface area contributed by atoms with Crippen LogP contribution in [0, 0.1) is 0 Å². The number of phenols is 1. The van der Waals surface area contributed by atoms with E-state index in [1.165, 1.54) is 10.8 Å². The van der Waals surface area contributed by atoms with Crippen LogP contribution in [0.4, 0.5) is 0 Å². The van der Waals surface area contributed by atoms with Crippen molar-refractivity contribution in [3.8, 4) is 11.5 Å². The third-order valence-corrected chi connectivity index (χ3v) is 4.97. The first-order valence-electron chi connectivity index (χ1n) is 9.55. The first-order chi connectivity index (χ1) is 12.6. The van der Waals surface area contributed by atoms with Crippen LogP contribution in [-0.2, 0) is 17.4 Å². The summed E-state index contributed by atoms with van der Waals surface area (Å²) in [5.74, 6) is 1.18. The molecule has 3 aromatic rings. The summed E-state index contributed by atoms with van der Waals surface area (Å²) in [6.45, 7) is 13.2. The summed E-state index contributed by atoms with van der Waals surface area (Å²) in [5, 5.41) is 13.3. The number of hydrogen-bond acceptors (Lipinski definition) is 2. The lowest BCUT2D eigenvalue weighted by Crippen LogP contribution is -2.17. The smallest absolute Gasteiger partial charge is 0.123 e. The van der Waals surface area contributed by atoms with Gasteiger partial charge < -0.3 is 9.84 Å². The zero-order valence-electron chi connectivity index (χ0n) is 17.3. The topological polar surface area (TPSA) is 29.5 Å². The molecule has 0 aliphatic carbocycles. The SMILES string of the molecule is CC(C)(C)c1cc(OCc2cccc3ccccc23)cc(C(C)(C)C)c1O. The number of aromatic hydroxyl groups is 1. The largest absolute Gasteiger partial charge is 0.507 e. The zero-order valence-corrected chi connectivity index (χ0v) is 17.3. The summed E-state index contributed by atoms with van der Waals surface area (Å²) < 4.78 is 6.22. The second kappa shape index (κ2) is 6.92. The highest BCUT2D eigenvalue weighted by Crippen LogP contribution is 2.41. The lowest BCUT2D eigenvalue weighted by Gasteiger charge is -2.28. The van der Waals surface area contributed by atoms with Gasteiger partial charge >= 0.3 is 0 Å². The van der Waals surface area contributed by atoms with Crippen LogP contribution in [0.1, 0.15) is 58.2 Å². The van der Waals surface area contributed by atoms with Gasteiger partial charge in [0.05, 0.1) is 0 Å². The van der Waals surface area contributed by atoms with Gasteiger partial charge in [-0.1, -0.05) is 84.0 Å². The van der Waals surface area contributed by atoms with Crippen molar-refractivity contribution in [3.05, 3.63) is 71.3 Å². The quantitative estimate of drug-likeness (QED) is 0.560. The molecule has 3 aromatic carbocycles. The summed E-state index contributed by atoms with van der Waals surface area (Å²) in [6.07, 6.45) is 0. The van der Waals surface area contributed by atoms with Crippen molar-refractivity contribution in [2.24, 2.45) is 0 Å². The van der Waals surface area contributed by atoms with Crippen LogP contribution in [0.25, 0.3) is 10.8 Å². The number of phenolic OH excluding ortho intramolecular Hbond substituents is 1. The number of hydrogen-bond donors (Lipinski definition) is 1. The summed E-state index contributed by atoms with van der Waals surface area (Å²) in [7, 11) is 0. The Morgan fingerprint density at radius 3 is 1.93 bits per heavy atom. The van der Waals surface area contributed by atoms with Gasteiger partial charge in [0.2, 0.25) is 0 Å². The molecule has 0 unspecified atom stereocenters. The van der Waals surface area contributed by atoms with E-state index in [0.717, 1.165) is 22.4 Å². The summed E-state index contributed by atoms with van der Waals surface area (Å²) in [6, 6.07) is 18.6. The maximum Gasteiger partial charge on any atom is 0.123 e. The van der Waals surface area contributed by atoms with E-state index in [9.17, 15) is 5.11 Å². The Morgan fingerprint density at radius 2 is 1.33 bits per heavy atom. The van der Waals surface area contributed by atoms with Gasteiger partial charge in [-0.15, -0.1) is 0 Å². The standard InChI is InChI=1S/C25H30O2/c1-24(2,3)21-14-19(15-22(23(21)26)25(4,5)6)27-16-18-12-9-11-17-10-7-8-13-20(17)18/h7-15,26H,16H2,1-6H3. The van der Waals surface area contributed by atoms with Crippen molar-refractivity contribution in [1.29, 1.82) is 0 Å². The lowest BCUT2D eigenvalue weighted by atomic mass is 9.79. The van der Waals surface area contributed by atoms with Crippen molar-refractivity contribution >= 4 is 10.8 Å². The predicted octanol–water partition coefficient (Wildman–Crippen LogP) is 6.72. The number of fused-ring (bicyclic) bond motifs is 1. The van der Waals surface area contributed by atoms with Crippen LogP contribution >= 0.6 is 0 Å². The van der Waals surface area contributed by atoms with Crippen LogP contribution in [0.15, 0.2) is 54.6 Å². The Bertz CT molecular complexity index is 916. The second-order valence-electron chi connectivity index (χ2n) is 9.29. The molecule has 0 aromatic heterocycles. The minimum atomic E-state index is -0.164. The first kappa shape index (κ1) is 19.3. The van der Waals surface area contributed by atoms with E-state index in [0.29, 0.717) is 12.4 Å². The van der Waals surface area contributed by atoms with Gasteiger partial charge in [0.15, 0.2) is 0 Å². The maximum atomic E-state index is 10.9. The third-order valence-electron chi connectivity index (χ3n) is 4.97. The summed E-state index contributed by atoms with van der Waals surface area (Å²) >= 11 is 0. The highest BCUT2D eigenvalue weighted by atomic mass is 16.5. The van der Waals surface area contributed by atoms with Crippen LogP contribution in [0.3, 0.4) is 0 Å². The minimum Gasteiger partial charge on any atom is -0.507 e. The molecular weight excluding hydrogens is 332 g/mol. The Hall–Kier alpha value is -2.48. The monoisotopic (exact) mass is 362 g/mol. The molecule has 27 heavy (non-hydrogen) atoms. The highest BCUT2D eigenvalue weighted by molar-refractivity contribution is 5.85. The molecule has 3 rings (SSSR count). The molecule has 0 heterocycles. The van der Waals surface area contributed by atoms with E-state index in [-0.39, 0.29) is 10.8 Å². The number of rotatable bonds is 3. The van der Waals surface area contributed by atoms with Crippen molar-refractivity contribution in [3.63, 3.8) is 0 Å². The molecule has 2 heteroatoms. The van der Waals surface area contributed by atoms with Crippen LogP contribution < -0.4 is 4.74 Å². The first-order valence-corrected chi connectivity index (χ1v) is 9.55. The fourth-order valence-corrected chi connectivity index (χ4v) is 3.41. The highest BCUT2D eigenvalue weighted by Gasteiger charge is 2.27.